The third-order valence-corrected chi connectivity index (χ3v) is 18.4. The smallest absolute Gasteiger partial charge is 0.462 e. The van der Waals surface area contributed by atoms with Crippen molar-refractivity contribution in [1.29, 1.82) is 0 Å². The number of allylic oxidation sites excluding steroid dienone is 26. The van der Waals surface area contributed by atoms with E-state index in [9.17, 15) is 43.2 Å². The lowest BCUT2D eigenvalue weighted by atomic mass is 10.1. The maximum atomic E-state index is 13.1. The summed E-state index contributed by atoms with van der Waals surface area (Å²) in [5.74, 6) is -2.30. The minimum Gasteiger partial charge on any atom is -0.462 e. The Morgan fingerprint density at radius 3 is 0.792 bits per heavy atom. The van der Waals surface area contributed by atoms with Gasteiger partial charge < -0.3 is 33.8 Å². The van der Waals surface area contributed by atoms with Crippen molar-refractivity contribution in [3.63, 3.8) is 0 Å². The molecule has 0 aromatic heterocycles. The first kappa shape index (κ1) is 101. The fraction of sp³-hybridized carbons (Fsp3) is 0.655. The Balaban J connectivity index is 5.45. The number of rotatable bonds is 75. The summed E-state index contributed by atoms with van der Waals surface area (Å²) in [5, 5.41) is 10.7. The minimum absolute atomic E-state index is 0.0615. The van der Waals surface area contributed by atoms with Crippen molar-refractivity contribution in [3.05, 3.63) is 158 Å². The molecule has 0 saturated heterocycles. The quantitative estimate of drug-likeness (QED) is 0.0169. The van der Waals surface area contributed by atoms with Gasteiger partial charge in [-0.1, -0.05) is 276 Å². The molecule has 0 saturated carbocycles. The number of phosphoric acid groups is 2. The maximum absolute atomic E-state index is 13.1. The van der Waals surface area contributed by atoms with E-state index in [4.69, 9.17) is 37.0 Å². The Bertz CT molecular complexity index is 2630. The van der Waals surface area contributed by atoms with Crippen LogP contribution in [0.4, 0.5) is 0 Å². The van der Waals surface area contributed by atoms with E-state index in [-0.39, 0.29) is 25.7 Å². The molecule has 19 heteroatoms. The van der Waals surface area contributed by atoms with Gasteiger partial charge in [-0.15, -0.1) is 0 Å². The van der Waals surface area contributed by atoms with E-state index in [2.05, 4.69) is 174 Å². The highest BCUT2D eigenvalue weighted by molar-refractivity contribution is 7.47. The second-order valence-electron chi connectivity index (χ2n) is 26.6. The zero-order valence-electron chi connectivity index (χ0n) is 66.1. The highest BCUT2D eigenvalue weighted by atomic mass is 31.2. The van der Waals surface area contributed by atoms with E-state index in [0.717, 1.165) is 186 Å². The van der Waals surface area contributed by atoms with Gasteiger partial charge in [0.15, 0.2) is 12.2 Å². The van der Waals surface area contributed by atoms with Gasteiger partial charge in [0.25, 0.3) is 0 Å². The molecule has 0 aromatic carbocycles. The Morgan fingerprint density at radius 2 is 0.500 bits per heavy atom. The summed E-state index contributed by atoms with van der Waals surface area (Å²) in [4.78, 5) is 73.1. The monoisotopic (exact) mass is 1520 g/mol. The fourth-order valence-corrected chi connectivity index (χ4v) is 11.9. The lowest BCUT2D eigenvalue weighted by molar-refractivity contribution is -0.161. The van der Waals surface area contributed by atoms with Crippen LogP contribution in [0.2, 0.25) is 0 Å². The van der Waals surface area contributed by atoms with E-state index in [1.165, 1.54) is 38.5 Å². The number of carbonyl (C=O) groups excluding carboxylic acids is 4. The summed E-state index contributed by atoms with van der Waals surface area (Å²) < 4.78 is 68.6. The molecule has 17 nitrogen and oxygen atoms in total. The first-order valence-electron chi connectivity index (χ1n) is 40.7. The normalized spacial score (nSPS) is 14.7. The molecule has 0 amide bonds. The summed E-state index contributed by atoms with van der Waals surface area (Å²) in [5.41, 5.74) is 0. The lowest BCUT2D eigenvalue weighted by Gasteiger charge is -2.21. The number of unbranched alkanes of at least 4 members (excludes halogenated alkanes) is 23. The van der Waals surface area contributed by atoms with Crippen molar-refractivity contribution in [1.82, 2.24) is 0 Å². The van der Waals surface area contributed by atoms with Crippen LogP contribution in [0.3, 0.4) is 0 Å². The second-order valence-corrected chi connectivity index (χ2v) is 29.5. The van der Waals surface area contributed by atoms with E-state index in [1.54, 1.807) is 0 Å². The van der Waals surface area contributed by atoms with Gasteiger partial charge in [0.05, 0.1) is 26.4 Å². The van der Waals surface area contributed by atoms with Crippen molar-refractivity contribution in [2.45, 2.75) is 329 Å². The number of phosphoric ester groups is 2. The molecule has 0 aliphatic heterocycles. The Kier molecular flexibility index (Phi) is 73.9. The molecular formula is C87H144O17P2. The maximum Gasteiger partial charge on any atom is 0.472 e. The molecule has 5 atom stereocenters. The summed E-state index contributed by atoms with van der Waals surface area (Å²) in [6.07, 6.45) is 90.8. The predicted molar refractivity (Wildman–Crippen MR) is 436 cm³/mol. The zero-order valence-corrected chi connectivity index (χ0v) is 67.8. The summed E-state index contributed by atoms with van der Waals surface area (Å²) in [6.45, 7) is 4.48. The van der Waals surface area contributed by atoms with Crippen LogP contribution in [-0.4, -0.2) is 96.7 Å². The second kappa shape index (κ2) is 77.8. The first-order valence-corrected chi connectivity index (χ1v) is 43.7. The van der Waals surface area contributed by atoms with Crippen molar-refractivity contribution >= 4 is 39.5 Å². The topological polar surface area (TPSA) is 237 Å². The Hall–Kier alpha value is -5.32. The highest BCUT2D eigenvalue weighted by Gasteiger charge is 2.30. The van der Waals surface area contributed by atoms with E-state index in [1.807, 2.05) is 12.2 Å². The van der Waals surface area contributed by atoms with Crippen LogP contribution in [0, 0.1) is 0 Å². The average Bonchev–Trinajstić information content (AvgIpc) is 0.928. The van der Waals surface area contributed by atoms with Crippen molar-refractivity contribution < 1.29 is 80.2 Å². The highest BCUT2D eigenvalue weighted by Crippen LogP contribution is 2.45. The van der Waals surface area contributed by atoms with Crippen LogP contribution < -0.4 is 0 Å². The van der Waals surface area contributed by atoms with Gasteiger partial charge in [-0.3, -0.25) is 37.3 Å². The molecule has 0 aliphatic rings. The standard InChI is InChI=1S/C87H144O17P2/c1-5-9-13-17-21-25-29-33-37-39-40-42-46-48-52-56-60-64-68-72-85(90)98-78-83(104-87(92)74-70-66-62-58-54-50-44-36-32-28-24-20-16-12-8-4)80-102-106(95,96)100-76-81(88)75-99-105(93,94)101-79-82(103-86(91)73-69-65-61-57-53-49-43-35-31-27-23-19-15-11-7-3)77-97-84(89)71-67-63-59-55-51-47-45-41-38-34-30-26-22-18-14-10-6-2/h10,12,14,16,21-28,33-38,40,42-45,47,55,59,81-83,88H,5-9,11,13,15,17-20,29-32,39,41,46,48-54,56-58,60-80H2,1-4H3,(H,93,94)(H,95,96)/b14-10-,16-12-,25-21-,26-22-,27-23-,28-24-,37-33-,38-34-,42-40-,43-35-,44-36-,47-45-,59-55-. The van der Waals surface area contributed by atoms with E-state index >= 15 is 0 Å². The van der Waals surface area contributed by atoms with Gasteiger partial charge in [0, 0.05) is 25.7 Å². The molecule has 5 unspecified atom stereocenters. The summed E-state index contributed by atoms with van der Waals surface area (Å²) in [7, 11) is -10.00. The van der Waals surface area contributed by atoms with Crippen molar-refractivity contribution in [2.24, 2.45) is 0 Å². The average molecular weight is 1520 g/mol. The van der Waals surface area contributed by atoms with Crippen LogP contribution in [0.1, 0.15) is 310 Å². The van der Waals surface area contributed by atoms with Gasteiger partial charge in [-0.2, -0.15) is 0 Å². The van der Waals surface area contributed by atoms with Gasteiger partial charge in [0.2, 0.25) is 0 Å². The molecule has 106 heavy (non-hydrogen) atoms. The van der Waals surface area contributed by atoms with Crippen LogP contribution in [0.15, 0.2) is 158 Å². The summed E-state index contributed by atoms with van der Waals surface area (Å²) >= 11 is 0. The molecule has 0 spiro atoms. The lowest BCUT2D eigenvalue weighted by Crippen LogP contribution is -2.30. The Labute approximate surface area is 642 Å². The molecule has 0 aliphatic carbocycles. The van der Waals surface area contributed by atoms with Crippen LogP contribution in [0.25, 0.3) is 0 Å². The molecule has 0 fully saturated rings. The molecule has 0 rings (SSSR count). The fourth-order valence-electron chi connectivity index (χ4n) is 10.3. The largest absolute Gasteiger partial charge is 0.472 e. The van der Waals surface area contributed by atoms with Crippen LogP contribution in [-0.2, 0) is 65.4 Å². The van der Waals surface area contributed by atoms with Crippen LogP contribution >= 0.6 is 15.6 Å². The third kappa shape index (κ3) is 76.9. The predicted octanol–water partition coefficient (Wildman–Crippen LogP) is 24.0. The molecule has 604 valence electrons. The molecule has 3 N–H and O–H groups in total. The van der Waals surface area contributed by atoms with Crippen LogP contribution in [0.5, 0.6) is 0 Å². The number of aliphatic hydroxyl groups excluding tert-OH is 1. The summed E-state index contributed by atoms with van der Waals surface area (Å²) in [6, 6.07) is 0. The number of aliphatic hydroxyl groups is 1. The van der Waals surface area contributed by atoms with Crippen molar-refractivity contribution in [3.8, 4) is 0 Å². The number of esters is 4. The van der Waals surface area contributed by atoms with E-state index < -0.39 is 97.5 Å². The Morgan fingerprint density at radius 1 is 0.274 bits per heavy atom. The molecule has 0 aromatic rings. The van der Waals surface area contributed by atoms with Gasteiger partial charge >= 0.3 is 39.5 Å². The zero-order chi connectivity index (χ0) is 77.4. The molecule has 0 bridgehead atoms. The first-order chi connectivity index (χ1) is 51.7. The van der Waals surface area contributed by atoms with Gasteiger partial charge in [-0.25, -0.2) is 9.13 Å². The number of carbonyl (C=O) groups is 4. The molecule has 0 radical (unpaired) electrons. The van der Waals surface area contributed by atoms with Gasteiger partial charge in [-0.05, 0) is 167 Å². The number of ether oxygens (including phenoxy) is 4. The minimum atomic E-state index is -5.00. The third-order valence-electron chi connectivity index (χ3n) is 16.5. The van der Waals surface area contributed by atoms with Crippen molar-refractivity contribution in [2.75, 3.05) is 39.6 Å². The SMILES string of the molecule is CC/C=C\C/C=C\C/C=C\C/C=C\C/C=C\CCCC(=O)OCC(COP(=O)(O)OCC(O)COP(=O)(O)OCC(COC(=O)CCCCCCCC/C=C\C/C=C\C/C=C\CCCCC)OC(=O)CCCCCCC/C=C\C/C=C\C/C=C\CC)OC(=O)CCCCCCC/C=C\C/C=C\CCCCC. The molecule has 0 heterocycles. The number of hydrogen-bond donors (Lipinski definition) is 3. The van der Waals surface area contributed by atoms with Gasteiger partial charge in [0.1, 0.15) is 19.3 Å². The van der Waals surface area contributed by atoms with E-state index in [0.29, 0.717) is 32.1 Å². The molecular weight excluding hydrogens is 1380 g/mol. The number of hydrogen-bond acceptors (Lipinski definition) is 15.